The normalized spacial score (nSPS) is 10.3. The molecular weight excluding hydrogens is 246 g/mol. The number of benzene rings is 1. The van der Waals surface area contributed by atoms with Crippen LogP contribution in [0.4, 0.5) is 0 Å². The van der Waals surface area contributed by atoms with Crippen molar-refractivity contribution in [1.29, 1.82) is 0 Å². The van der Waals surface area contributed by atoms with Crippen LogP contribution in [0.3, 0.4) is 0 Å². The minimum atomic E-state index is 1.10. The molecule has 0 saturated carbocycles. The zero-order chi connectivity index (χ0) is 9.26. The van der Waals surface area contributed by atoms with Crippen molar-refractivity contribution in [3.05, 3.63) is 39.9 Å². The van der Waals surface area contributed by atoms with Crippen molar-refractivity contribution in [3.63, 3.8) is 0 Å². The van der Waals surface area contributed by atoms with Crippen molar-refractivity contribution in [2.75, 3.05) is 0 Å². The van der Waals surface area contributed by atoms with Crippen molar-refractivity contribution < 1.29 is 0 Å². The van der Waals surface area contributed by atoms with E-state index in [4.69, 9.17) is 0 Å². The monoisotopic (exact) mass is 253 g/mol. The lowest BCUT2D eigenvalue weighted by Gasteiger charge is -1.98. The lowest BCUT2D eigenvalue weighted by molar-refractivity contribution is 1.27. The van der Waals surface area contributed by atoms with Gasteiger partial charge >= 0.3 is 0 Å². The van der Waals surface area contributed by atoms with E-state index in [-0.39, 0.29) is 0 Å². The average Bonchev–Trinajstić information content (AvgIpc) is 2.53. The van der Waals surface area contributed by atoms with Crippen molar-refractivity contribution >= 4 is 27.3 Å². The van der Waals surface area contributed by atoms with Gasteiger partial charge in [-0.15, -0.1) is 11.3 Å². The van der Waals surface area contributed by atoms with Gasteiger partial charge < -0.3 is 0 Å². The maximum atomic E-state index is 4.22. The summed E-state index contributed by atoms with van der Waals surface area (Å²) in [5.74, 6) is 0. The standard InChI is InChI=1S/C10H8BrNS/c1-7-10(13-6-12-7)8-2-4-9(11)5-3-8/h2-6H,1H3. The van der Waals surface area contributed by atoms with E-state index in [1.54, 1.807) is 11.3 Å². The molecule has 0 N–H and O–H groups in total. The second kappa shape index (κ2) is 3.60. The second-order valence-electron chi connectivity index (χ2n) is 2.77. The Balaban J connectivity index is 2.47. The minimum Gasteiger partial charge on any atom is -0.249 e. The largest absolute Gasteiger partial charge is 0.249 e. The first kappa shape index (κ1) is 8.91. The number of hydrogen-bond acceptors (Lipinski definition) is 2. The van der Waals surface area contributed by atoms with E-state index in [0.717, 1.165) is 10.2 Å². The van der Waals surface area contributed by atoms with E-state index in [9.17, 15) is 0 Å². The molecule has 0 saturated heterocycles. The third kappa shape index (κ3) is 1.81. The molecule has 0 fully saturated rings. The molecule has 3 heteroatoms. The van der Waals surface area contributed by atoms with Gasteiger partial charge in [-0.25, -0.2) is 4.98 Å². The van der Waals surface area contributed by atoms with Gasteiger partial charge in [0.25, 0.3) is 0 Å². The van der Waals surface area contributed by atoms with E-state index in [2.05, 4.69) is 45.2 Å². The molecule has 0 aliphatic carbocycles. The number of aromatic nitrogens is 1. The Morgan fingerprint density at radius 2 is 1.92 bits per heavy atom. The fourth-order valence-electron chi connectivity index (χ4n) is 1.18. The van der Waals surface area contributed by atoms with Crippen LogP contribution in [0, 0.1) is 6.92 Å². The number of hydrogen-bond donors (Lipinski definition) is 0. The highest BCUT2D eigenvalue weighted by Crippen LogP contribution is 2.27. The molecule has 13 heavy (non-hydrogen) atoms. The number of halogens is 1. The Labute approximate surface area is 89.6 Å². The van der Waals surface area contributed by atoms with Crippen molar-refractivity contribution in [2.24, 2.45) is 0 Å². The third-order valence-electron chi connectivity index (χ3n) is 1.85. The number of nitrogens with zero attached hydrogens (tertiary/aromatic N) is 1. The van der Waals surface area contributed by atoms with Gasteiger partial charge in [-0.05, 0) is 24.6 Å². The summed E-state index contributed by atoms with van der Waals surface area (Å²) in [6.07, 6.45) is 0. The molecule has 1 heterocycles. The molecule has 1 nitrogen and oxygen atoms in total. The Morgan fingerprint density at radius 1 is 1.23 bits per heavy atom. The van der Waals surface area contributed by atoms with Crippen molar-refractivity contribution in [1.82, 2.24) is 4.98 Å². The molecule has 0 aliphatic heterocycles. The highest BCUT2D eigenvalue weighted by atomic mass is 79.9. The van der Waals surface area contributed by atoms with Gasteiger partial charge in [-0.2, -0.15) is 0 Å². The summed E-state index contributed by atoms with van der Waals surface area (Å²) in [6, 6.07) is 8.30. The molecular formula is C10H8BrNS. The van der Waals surface area contributed by atoms with Crippen LogP contribution in [-0.4, -0.2) is 4.98 Å². The van der Waals surface area contributed by atoms with Gasteiger partial charge in [-0.1, -0.05) is 28.1 Å². The highest BCUT2D eigenvalue weighted by molar-refractivity contribution is 9.10. The molecule has 0 bridgehead atoms. The van der Waals surface area contributed by atoms with Crippen molar-refractivity contribution in [2.45, 2.75) is 6.92 Å². The van der Waals surface area contributed by atoms with Crippen LogP contribution in [0.15, 0.2) is 34.2 Å². The maximum absolute atomic E-state index is 4.22. The molecule has 0 atom stereocenters. The fourth-order valence-corrected chi connectivity index (χ4v) is 2.26. The van der Waals surface area contributed by atoms with E-state index in [1.807, 2.05) is 12.4 Å². The fraction of sp³-hybridized carbons (Fsp3) is 0.100. The summed E-state index contributed by atoms with van der Waals surface area (Å²) in [4.78, 5) is 5.48. The van der Waals surface area contributed by atoms with Crippen LogP contribution in [-0.2, 0) is 0 Å². The molecule has 1 aromatic carbocycles. The Hall–Kier alpha value is -0.670. The summed E-state index contributed by atoms with van der Waals surface area (Å²) in [5.41, 5.74) is 4.22. The molecule has 0 unspecified atom stereocenters. The summed E-state index contributed by atoms with van der Waals surface area (Å²) in [5, 5.41) is 0. The average molecular weight is 254 g/mol. The van der Waals surface area contributed by atoms with Crippen LogP contribution >= 0.6 is 27.3 Å². The highest BCUT2D eigenvalue weighted by Gasteiger charge is 2.03. The van der Waals surface area contributed by atoms with Crippen LogP contribution in [0.5, 0.6) is 0 Å². The summed E-state index contributed by atoms with van der Waals surface area (Å²) in [7, 11) is 0. The molecule has 0 radical (unpaired) electrons. The van der Waals surface area contributed by atoms with E-state index in [0.29, 0.717) is 0 Å². The first-order valence-corrected chi connectivity index (χ1v) is 5.60. The van der Waals surface area contributed by atoms with E-state index in [1.165, 1.54) is 10.4 Å². The molecule has 2 aromatic rings. The maximum Gasteiger partial charge on any atom is 0.0801 e. The minimum absolute atomic E-state index is 1.10. The Morgan fingerprint density at radius 3 is 2.46 bits per heavy atom. The van der Waals surface area contributed by atoms with Gasteiger partial charge in [0, 0.05) is 4.47 Å². The predicted molar refractivity (Wildman–Crippen MR) is 60.0 cm³/mol. The van der Waals surface area contributed by atoms with Gasteiger partial charge in [-0.3, -0.25) is 0 Å². The smallest absolute Gasteiger partial charge is 0.0801 e. The third-order valence-corrected chi connectivity index (χ3v) is 3.36. The van der Waals surface area contributed by atoms with Crippen molar-refractivity contribution in [3.8, 4) is 10.4 Å². The summed E-state index contributed by atoms with van der Waals surface area (Å²) < 4.78 is 1.11. The molecule has 2 rings (SSSR count). The zero-order valence-corrected chi connectivity index (χ0v) is 9.52. The SMILES string of the molecule is Cc1ncsc1-c1ccc(Br)cc1. The molecule has 66 valence electrons. The molecule has 0 amide bonds. The summed E-state index contributed by atoms with van der Waals surface area (Å²) in [6.45, 7) is 2.04. The van der Waals surface area contributed by atoms with Gasteiger partial charge in [0.15, 0.2) is 0 Å². The first-order valence-electron chi connectivity index (χ1n) is 3.93. The Bertz CT molecular complexity index is 405. The van der Waals surface area contributed by atoms with Crippen LogP contribution < -0.4 is 0 Å². The first-order chi connectivity index (χ1) is 6.27. The van der Waals surface area contributed by atoms with Gasteiger partial charge in [0.05, 0.1) is 16.1 Å². The van der Waals surface area contributed by atoms with Gasteiger partial charge in [0.2, 0.25) is 0 Å². The Kier molecular flexibility index (Phi) is 2.47. The molecule has 0 spiro atoms. The number of rotatable bonds is 1. The van der Waals surface area contributed by atoms with Crippen LogP contribution in [0.25, 0.3) is 10.4 Å². The number of thiazole rings is 1. The van der Waals surface area contributed by atoms with E-state index >= 15 is 0 Å². The quantitative estimate of drug-likeness (QED) is 0.752. The van der Waals surface area contributed by atoms with Crippen LogP contribution in [0.1, 0.15) is 5.69 Å². The molecule has 0 aliphatic rings. The zero-order valence-electron chi connectivity index (χ0n) is 7.12. The lowest BCUT2D eigenvalue weighted by atomic mass is 10.2. The van der Waals surface area contributed by atoms with Crippen LogP contribution in [0.2, 0.25) is 0 Å². The van der Waals surface area contributed by atoms with Gasteiger partial charge in [0.1, 0.15) is 0 Å². The number of aryl methyl sites for hydroxylation is 1. The topological polar surface area (TPSA) is 12.9 Å². The summed E-state index contributed by atoms with van der Waals surface area (Å²) >= 11 is 5.10. The lowest BCUT2D eigenvalue weighted by Crippen LogP contribution is -1.76. The molecule has 1 aromatic heterocycles. The van der Waals surface area contributed by atoms with E-state index < -0.39 is 0 Å². The predicted octanol–water partition coefficient (Wildman–Crippen LogP) is 3.88. The second-order valence-corrected chi connectivity index (χ2v) is 4.54.